The number of hydrogen-bond acceptors (Lipinski definition) is 3. The maximum absolute atomic E-state index is 12.7. The van der Waals surface area contributed by atoms with Crippen molar-refractivity contribution in [1.29, 1.82) is 0 Å². The summed E-state index contributed by atoms with van der Waals surface area (Å²) < 4.78 is 38.1. The van der Waals surface area contributed by atoms with Gasteiger partial charge >= 0.3 is 12.1 Å². The maximum atomic E-state index is 12.7. The fourth-order valence-corrected chi connectivity index (χ4v) is 2.31. The summed E-state index contributed by atoms with van der Waals surface area (Å²) in [6.07, 6.45) is -5.39. The first-order valence-corrected chi connectivity index (χ1v) is 7.39. The topological polar surface area (TPSA) is 69.6 Å². The van der Waals surface area contributed by atoms with E-state index in [-0.39, 0.29) is 12.5 Å². The SMILES string of the molecule is CC(C)C[C@H](NCc1cccc(C(F)(F)F)c1)[C@@H](O)CC(=O)O. The molecular weight excluding hydrogens is 311 g/mol. The average Bonchev–Trinajstić information content (AvgIpc) is 2.41. The number of rotatable bonds is 8. The summed E-state index contributed by atoms with van der Waals surface area (Å²) in [4.78, 5) is 10.7. The van der Waals surface area contributed by atoms with E-state index >= 15 is 0 Å². The molecule has 0 spiro atoms. The minimum Gasteiger partial charge on any atom is -0.481 e. The molecule has 1 rings (SSSR count). The Hall–Kier alpha value is -1.60. The van der Waals surface area contributed by atoms with Crippen LogP contribution in [-0.2, 0) is 17.5 Å². The van der Waals surface area contributed by atoms with Gasteiger partial charge in [0, 0.05) is 12.6 Å². The Morgan fingerprint density at radius 2 is 1.96 bits per heavy atom. The molecule has 4 nitrogen and oxygen atoms in total. The van der Waals surface area contributed by atoms with Crippen LogP contribution in [0.3, 0.4) is 0 Å². The molecule has 0 amide bonds. The summed E-state index contributed by atoms with van der Waals surface area (Å²) in [5, 5.41) is 21.7. The molecule has 2 atom stereocenters. The molecule has 0 saturated heterocycles. The van der Waals surface area contributed by atoms with Gasteiger partial charge in [0.2, 0.25) is 0 Å². The van der Waals surface area contributed by atoms with Gasteiger partial charge in [-0.3, -0.25) is 4.79 Å². The van der Waals surface area contributed by atoms with E-state index in [1.807, 2.05) is 13.8 Å². The molecule has 0 radical (unpaired) electrons. The van der Waals surface area contributed by atoms with Gasteiger partial charge in [-0.15, -0.1) is 0 Å². The van der Waals surface area contributed by atoms with E-state index in [4.69, 9.17) is 5.11 Å². The molecule has 0 saturated carbocycles. The van der Waals surface area contributed by atoms with Gasteiger partial charge in [0.15, 0.2) is 0 Å². The van der Waals surface area contributed by atoms with Gasteiger partial charge in [-0.2, -0.15) is 13.2 Å². The van der Waals surface area contributed by atoms with Crippen LogP contribution in [0, 0.1) is 5.92 Å². The molecule has 0 unspecified atom stereocenters. The Balaban J connectivity index is 2.76. The Morgan fingerprint density at radius 3 is 2.48 bits per heavy atom. The predicted octanol–water partition coefficient (Wildman–Crippen LogP) is 3.05. The number of aliphatic hydroxyl groups is 1. The van der Waals surface area contributed by atoms with E-state index in [0.717, 1.165) is 12.1 Å². The van der Waals surface area contributed by atoms with Crippen LogP contribution in [0.1, 0.15) is 37.8 Å². The first-order valence-electron chi connectivity index (χ1n) is 7.39. The van der Waals surface area contributed by atoms with Crippen molar-refractivity contribution in [3.8, 4) is 0 Å². The molecule has 0 heterocycles. The lowest BCUT2D eigenvalue weighted by Gasteiger charge is -2.25. The van der Waals surface area contributed by atoms with Crippen LogP contribution in [0.2, 0.25) is 0 Å². The summed E-state index contributed by atoms with van der Waals surface area (Å²) in [7, 11) is 0. The van der Waals surface area contributed by atoms with Crippen LogP contribution in [0.4, 0.5) is 13.2 Å². The van der Waals surface area contributed by atoms with Crippen molar-refractivity contribution in [2.24, 2.45) is 5.92 Å². The van der Waals surface area contributed by atoms with Crippen LogP contribution in [-0.4, -0.2) is 28.3 Å². The van der Waals surface area contributed by atoms with Gasteiger partial charge in [-0.25, -0.2) is 0 Å². The second-order valence-corrected chi connectivity index (χ2v) is 5.98. The number of benzene rings is 1. The zero-order valence-electron chi connectivity index (χ0n) is 13.1. The van der Waals surface area contributed by atoms with Crippen LogP contribution in [0.5, 0.6) is 0 Å². The predicted molar refractivity (Wildman–Crippen MR) is 79.8 cm³/mol. The van der Waals surface area contributed by atoms with Gasteiger partial charge in [0.05, 0.1) is 18.1 Å². The fourth-order valence-electron chi connectivity index (χ4n) is 2.31. The summed E-state index contributed by atoms with van der Waals surface area (Å²) in [6, 6.07) is 4.42. The molecule has 0 aliphatic rings. The summed E-state index contributed by atoms with van der Waals surface area (Å²) in [5.74, 6) is -0.912. The van der Waals surface area contributed by atoms with E-state index in [0.29, 0.717) is 12.0 Å². The molecule has 0 aliphatic carbocycles. The number of halogens is 3. The Labute approximate surface area is 133 Å². The van der Waals surface area contributed by atoms with Gasteiger partial charge < -0.3 is 15.5 Å². The second kappa shape index (κ2) is 8.31. The van der Waals surface area contributed by atoms with Gasteiger partial charge in [0.1, 0.15) is 0 Å². The van der Waals surface area contributed by atoms with Crippen molar-refractivity contribution in [3.63, 3.8) is 0 Å². The lowest BCUT2D eigenvalue weighted by molar-refractivity contribution is -0.140. The Bertz CT molecular complexity index is 518. The van der Waals surface area contributed by atoms with E-state index < -0.39 is 36.3 Å². The number of alkyl halides is 3. The van der Waals surface area contributed by atoms with Crippen LogP contribution >= 0.6 is 0 Å². The summed E-state index contributed by atoms with van der Waals surface area (Å²) in [6.45, 7) is 3.97. The van der Waals surface area contributed by atoms with Crippen molar-refractivity contribution in [1.82, 2.24) is 5.32 Å². The van der Waals surface area contributed by atoms with Crippen LogP contribution in [0.25, 0.3) is 0 Å². The van der Waals surface area contributed by atoms with Crippen molar-refractivity contribution in [3.05, 3.63) is 35.4 Å². The van der Waals surface area contributed by atoms with Crippen molar-refractivity contribution >= 4 is 5.97 Å². The van der Waals surface area contributed by atoms with Gasteiger partial charge in [-0.05, 0) is 24.0 Å². The fraction of sp³-hybridized carbons (Fsp3) is 0.562. The number of aliphatic carboxylic acids is 1. The van der Waals surface area contributed by atoms with Gasteiger partial charge in [-0.1, -0.05) is 32.0 Å². The monoisotopic (exact) mass is 333 g/mol. The average molecular weight is 333 g/mol. The zero-order chi connectivity index (χ0) is 17.6. The largest absolute Gasteiger partial charge is 0.481 e. The third-order valence-electron chi connectivity index (χ3n) is 3.40. The number of hydrogen-bond donors (Lipinski definition) is 3. The summed E-state index contributed by atoms with van der Waals surface area (Å²) >= 11 is 0. The Morgan fingerprint density at radius 1 is 1.30 bits per heavy atom. The van der Waals surface area contributed by atoms with Gasteiger partial charge in [0.25, 0.3) is 0 Å². The highest BCUT2D eigenvalue weighted by Gasteiger charge is 2.30. The molecule has 0 aromatic heterocycles. The lowest BCUT2D eigenvalue weighted by Crippen LogP contribution is -2.41. The quantitative estimate of drug-likeness (QED) is 0.684. The second-order valence-electron chi connectivity index (χ2n) is 5.98. The highest BCUT2D eigenvalue weighted by atomic mass is 19.4. The minimum absolute atomic E-state index is 0.123. The van der Waals surface area contributed by atoms with E-state index in [1.54, 1.807) is 6.07 Å². The lowest BCUT2D eigenvalue weighted by atomic mass is 9.97. The number of carboxylic acid groups (broad SMARTS) is 1. The number of aliphatic hydroxyl groups excluding tert-OH is 1. The molecular formula is C16H22F3NO3. The van der Waals surface area contributed by atoms with E-state index in [2.05, 4.69) is 5.32 Å². The Kier molecular flexibility index (Phi) is 7.02. The molecule has 1 aromatic carbocycles. The highest BCUT2D eigenvalue weighted by molar-refractivity contribution is 5.67. The highest BCUT2D eigenvalue weighted by Crippen LogP contribution is 2.29. The number of carbonyl (C=O) groups is 1. The van der Waals surface area contributed by atoms with Crippen molar-refractivity contribution < 1.29 is 28.2 Å². The van der Waals surface area contributed by atoms with E-state index in [9.17, 15) is 23.1 Å². The molecule has 23 heavy (non-hydrogen) atoms. The number of nitrogens with one attached hydrogen (secondary N) is 1. The first-order chi connectivity index (χ1) is 10.6. The maximum Gasteiger partial charge on any atom is 0.416 e. The molecule has 3 N–H and O–H groups in total. The normalized spacial score (nSPS) is 14.7. The zero-order valence-corrected chi connectivity index (χ0v) is 13.1. The molecule has 130 valence electrons. The first kappa shape index (κ1) is 19.4. The molecule has 0 bridgehead atoms. The standard InChI is InChI=1S/C16H22F3NO3/c1-10(2)6-13(14(21)8-15(22)23)20-9-11-4-3-5-12(7-11)16(17,18)19/h3-5,7,10,13-14,20-21H,6,8-9H2,1-2H3,(H,22,23)/t13-,14-/m0/s1. The van der Waals surface area contributed by atoms with Crippen LogP contribution in [0.15, 0.2) is 24.3 Å². The summed E-state index contributed by atoms with van der Waals surface area (Å²) in [5.41, 5.74) is -0.306. The molecule has 0 aliphatic heterocycles. The third-order valence-corrected chi connectivity index (χ3v) is 3.40. The molecule has 1 aromatic rings. The molecule has 7 heteroatoms. The molecule has 0 fully saturated rings. The third kappa shape index (κ3) is 7.00. The number of carboxylic acids is 1. The van der Waals surface area contributed by atoms with E-state index in [1.165, 1.54) is 6.07 Å². The smallest absolute Gasteiger partial charge is 0.416 e. The minimum atomic E-state index is -4.41. The van der Waals surface area contributed by atoms with Crippen LogP contribution < -0.4 is 5.32 Å². The van der Waals surface area contributed by atoms with Crippen molar-refractivity contribution in [2.45, 2.75) is 51.6 Å². The van der Waals surface area contributed by atoms with Crippen molar-refractivity contribution in [2.75, 3.05) is 0 Å².